The Kier molecular flexibility index (Phi) is 15.6. The van der Waals surface area contributed by atoms with Gasteiger partial charge in [-0.2, -0.15) is 0 Å². The van der Waals surface area contributed by atoms with Crippen molar-refractivity contribution in [3.63, 3.8) is 0 Å². The number of hydrogen-bond acceptors (Lipinski definition) is 5. The average Bonchev–Trinajstić information content (AvgIpc) is 3.65. The van der Waals surface area contributed by atoms with Crippen LogP contribution in [-0.4, -0.2) is 34.1 Å². The molecule has 0 amide bonds. The van der Waals surface area contributed by atoms with Gasteiger partial charge in [0.05, 0.1) is 30.0 Å². The monoisotopic (exact) mass is 840 g/mol. The van der Waals surface area contributed by atoms with Gasteiger partial charge in [0.25, 0.3) is 0 Å². The Balaban J connectivity index is 0.000000217. The molecule has 2 saturated carbocycles. The molecule has 2 aliphatic carbocycles. The minimum absolute atomic E-state index is 0. The van der Waals surface area contributed by atoms with Gasteiger partial charge in [-0.25, -0.2) is 0 Å². The van der Waals surface area contributed by atoms with Gasteiger partial charge in [0, 0.05) is 33.2 Å². The molecule has 0 atom stereocenters. The number of H-pyrrole nitrogens is 2. The maximum atomic E-state index is 11.4. The molecule has 2 heterocycles. The Morgan fingerprint density at radius 3 is 1.47 bits per heavy atom. The number of aliphatic carboxylic acids is 1. The number of esters is 1. The lowest BCUT2D eigenvalue weighted by molar-refractivity contribution is -0.140. The predicted molar refractivity (Wildman–Crippen MR) is 241 cm³/mol. The topological polar surface area (TPSA) is 114 Å². The molecule has 0 aliphatic heterocycles. The summed E-state index contributed by atoms with van der Waals surface area (Å²) in [6.07, 6.45) is 9.18. The lowest BCUT2D eigenvalue weighted by Gasteiger charge is -2.27. The van der Waals surface area contributed by atoms with Gasteiger partial charge in [-0.3, -0.25) is 9.59 Å². The molecule has 0 radical (unpaired) electrons. The summed E-state index contributed by atoms with van der Waals surface area (Å²) in [5.41, 5.74) is 11.4. The highest BCUT2D eigenvalue weighted by atomic mass is 35.5. The molecule has 2 fully saturated rings. The van der Waals surface area contributed by atoms with Crippen LogP contribution >= 0.6 is 23.2 Å². The number of ether oxygens (including phenoxy) is 3. The number of fused-ring (bicyclic) bond motifs is 2. The van der Waals surface area contributed by atoms with Crippen molar-refractivity contribution in [1.82, 2.24) is 9.97 Å². The van der Waals surface area contributed by atoms with Gasteiger partial charge >= 0.3 is 11.9 Å². The van der Waals surface area contributed by atoms with Crippen molar-refractivity contribution >= 4 is 56.9 Å². The van der Waals surface area contributed by atoms with E-state index in [0.29, 0.717) is 42.5 Å². The van der Waals surface area contributed by atoms with E-state index in [9.17, 15) is 9.59 Å². The van der Waals surface area contributed by atoms with Crippen LogP contribution in [0.2, 0.25) is 10.0 Å². The molecule has 0 bridgehead atoms. The van der Waals surface area contributed by atoms with E-state index < -0.39 is 5.97 Å². The van der Waals surface area contributed by atoms with E-state index in [2.05, 4.69) is 60.2 Å². The quantitative estimate of drug-likeness (QED) is 0.0941. The van der Waals surface area contributed by atoms with Gasteiger partial charge < -0.3 is 29.3 Å². The van der Waals surface area contributed by atoms with Crippen molar-refractivity contribution in [3.8, 4) is 11.5 Å². The highest BCUT2D eigenvalue weighted by Crippen LogP contribution is 2.39. The Hall–Kier alpha value is -4.92. The third-order valence-electron chi connectivity index (χ3n) is 11.5. The second-order valence-electron chi connectivity index (χ2n) is 15.4. The number of carbonyl (C=O) groups is 2. The lowest BCUT2D eigenvalue weighted by atomic mass is 9.78. The summed E-state index contributed by atoms with van der Waals surface area (Å²) in [6.45, 7) is 5.40. The fourth-order valence-corrected chi connectivity index (χ4v) is 8.41. The molecule has 314 valence electrons. The van der Waals surface area contributed by atoms with E-state index in [1.54, 1.807) is 0 Å². The van der Waals surface area contributed by atoms with Crippen LogP contribution in [0.5, 0.6) is 11.5 Å². The number of aromatic amines is 2. The Morgan fingerprint density at radius 1 is 0.661 bits per heavy atom. The van der Waals surface area contributed by atoms with Crippen molar-refractivity contribution in [3.05, 3.63) is 128 Å². The fraction of sp³-hybridized carbons (Fsp3) is 0.388. The number of halogens is 2. The molecule has 3 N–H and O–H groups in total. The van der Waals surface area contributed by atoms with E-state index >= 15 is 0 Å². The van der Waals surface area contributed by atoms with Crippen LogP contribution in [0.15, 0.2) is 72.8 Å². The SMILES string of the molecule is C.C.COC(=O)CCc1[nH]c2ccc(OCc3ccc(C4CCC4)c(C)c3)cc2c1Cl.Cc1cc(COc2ccc3[nH]c(CCC(=O)O)c(Cl)c3c2)ccc1C1CCC1. The fourth-order valence-electron chi connectivity index (χ4n) is 7.82. The second-order valence-corrected chi connectivity index (χ2v) is 16.2. The molecule has 59 heavy (non-hydrogen) atoms. The van der Waals surface area contributed by atoms with Crippen LogP contribution in [-0.2, 0) is 40.4 Å². The number of aryl methyl sites for hydroxylation is 4. The van der Waals surface area contributed by atoms with E-state index in [4.69, 9.17) is 42.5 Å². The number of methoxy groups -OCH3 is 1. The van der Waals surface area contributed by atoms with E-state index in [0.717, 1.165) is 62.1 Å². The van der Waals surface area contributed by atoms with Crippen LogP contribution in [0.1, 0.15) is 123 Å². The third kappa shape index (κ3) is 10.8. The number of rotatable bonds is 14. The molecule has 8 rings (SSSR count). The molecule has 0 spiro atoms. The van der Waals surface area contributed by atoms with E-state index in [1.165, 1.54) is 73.5 Å². The van der Waals surface area contributed by atoms with Gasteiger partial charge in [-0.05, 0) is 134 Å². The van der Waals surface area contributed by atoms with Crippen molar-refractivity contribution < 1.29 is 28.9 Å². The van der Waals surface area contributed by atoms with Crippen molar-refractivity contribution in [2.24, 2.45) is 0 Å². The van der Waals surface area contributed by atoms with Gasteiger partial charge in [0.15, 0.2) is 0 Å². The first-order valence-electron chi connectivity index (χ1n) is 19.9. The number of carboxylic acid groups (broad SMARTS) is 1. The number of carboxylic acids is 1. The highest BCUT2D eigenvalue weighted by molar-refractivity contribution is 6.37. The van der Waals surface area contributed by atoms with E-state index in [-0.39, 0.29) is 27.2 Å². The van der Waals surface area contributed by atoms with Crippen LogP contribution in [0, 0.1) is 13.8 Å². The Bertz CT molecular complexity index is 2390. The third-order valence-corrected chi connectivity index (χ3v) is 12.4. The van der Waals surface area contributed by atoms with Crippen LogP contribution in [0.25, 0.3) is 21.8 Å². The molecular weight excluding hydrogens is 783 g/mol. The first-order chi connectivity index (χ1) is 27.6. The zero-order valence-electron chi connectivity index (χ0n) is 32.8. The average molecular weight is 842 g/mol. The first-order valence-corrected chi connectivity index (χ1v) is 20.6. The molecule has 8 nitrogen and oxygen atoms in total. The summed E-state index contributed by atoms with van der Waals surface area (Å²) in [4.78, 5) is 28.7. The van der Waals surface area contributed by atoms with Gasteiger partial charge in [0.2, 0.25) is 0 Å². The predicted octanol–water partition coefficient (Wildman–Crippen LogP) is 13.3. The van der Waals surface area contributed by atoms with Crippen LogP contribution in [0.4, 0.5) is 0 Å². The molecular formula is C49H58Cl2N2O6. The first kappa shape index (κ1) is 45.2. The summed E-state index contributed by atoms with van der Waals surface area (Å²) < 4.78 is 16.7. The largest absolute Gasteiger partial charge is 0.489 e. The Labute approximate surface area is 358 Å². The molecule has 2 aromatic heterocycles. The normalized spacial score (nSPS) is 13.6. The zero-order chi connectivity index (χ0) is 40.1. The van der Waals surface area contributed by atoms with Gasteiger partial charge in [-0.15, -0.1) is 0 Å². The van der Waals surface area contributed by atoms with Crippen LogP contribution in [0.3, 0.4) is 0 Å². The minimum Gasteiger partial charge on any atom is -0.489 e. The van der Waals surface area contributed by atoms with Gasteiger partial charge in [-0.1, -0.05) is 87.3 Å². The summed E-state index contributed by atoms with van der Waals surface area (Å²) in [6, 6.07) is 24.9. The number of nitrogens with one attached hydrogen (secondary N) is 2. The van der Waals surface area contributed by atoms with Crippen molar-refractivity contribution in [1.29, 1.82) is 0 Å². The van der Waals surface area contributed by atoms with E-state index in [1.807, 2.05) is 36.4 Å². The minimum atomic E-state index is -0.836. The summed E-state index contributed by atoms with van der Waals surface area (Å²) in [5, 5.41) is 11.8. The van der Waals surface area contributed by atoms with Gasteiger partial charge in [0.1, 0.15) is 24.7 Å². The maximum absolute atomic E-state index is 11.4. The molecule has 10 heteroatoms. The Morgan fingerprint density at radius 2 is 1.10 bits per heavy atom. The molecule has 0 saturated heterocycles. The van der Waals surface area contributed by atoms with Crippen molar-refractivity contribution in [2.75, 3.05) is 7.11 Å². The summed E-state index contributed by atoms with van der Waals surface area (Å²) in [5.74, 6) is 1.93. The number of benzene rings is 4. The molecule has 6 aromatic rings. The highest BCUT2D eigenvalue weighted by Gasteiger charge is 2.22. The standard InChI is InChI=1S/C24H26ClNO3.C23H24ClNO3.2CH4/c1-15-12-16(6-8-19(15)17-4-3-5-17)14-29-18-7-9-21-20(13-18)24(25)22(26-21)10-11-23(27)28-2;1-14-11-15(5-7-18(14)16-3-2-4-16)13-28-17-6-8-20-19(12-17)23(24)21(25-20)9-10-22(26)27;;/h6-9,12-13,17,26H,3-5,10-11,14H2,1-2H3;5-8,11-12,16,25H,2-4,9-10,13H2,1H3,(H,26,27);2*1H4. The molecule has 2 aliphatic rings. The van der Waals surface area contributed by atoms with Crippen LogP contribution < -0.4 is 9.47 Å². The second kappa shape index (κ2) is 20.4. The zero-order valence-corrected chi connectivity index (χ0v) is 34.3. The number of aromatic nitrogens is 2. The summed E-state index contributed by atoms with van der Waals surface area (Å²) >= 11 is 13.0. The smallest absolute Gasteiger partial charge is 0.305 e. The molecule has 0 unspecified atom stereocenters. The lowest BCUT2D eigenvalue weighted by Crippen LogP contribution is -2.10. The molecule has 4 aromatic carbocycles. The van der Waals surface area contributed by atoms with Crippen molar-refractivity contribution in [2.45, 2.75) is 118 Å². The summed E-state index contributed by atoms with van der Waals surface area (Å²) in [7, 11) is 1.39. The number of hydrogen-bond donors (Lipinski definition) is 3. The maximum Gasteiger partial charge on any atom is 0.305 e. The number of carbonyl (C=O) groups excluding carboxylic acids is 1.